The number of halogens is 1. The van der Waals surface area contributed by atoms with E-state index in [0.29, 0.717) is 22.0 Å². The summed E-state index contributed by atoms with van der Waals surface area (Å²) in [7, 11) is 1.40. The summed E-state index contributed by atoms with van der Waals surface area (Å²) in [4.78, 5) is 18.3. The van der Waals surface area contributed by atoms with Crippen LogP contribution >= 0.6 is 27.3 Å². The summed E-state index contributed by atoms with van der Waals surface area (Å²) < 4.78 is 5.89. The lowest BCUT2D eigenvalue weighted by molar-refractivity contribution is 0.0600. The highest BCUT2D eigenvalue weighted by atomic mass is 79.9. The van der Waals surface area contributed by atoms with Gasteiger partial charge in [-0.3, -0.25) is 0 Å². The number of ether oxygens (including phenoxy) is 1. The molecule has 0 spiro atoms. The van der Waals surface area contributed by atoms with Crippen LogP contribution in [0, 0.1) is 0 Å². The monoisotopic (exact) mass is 469 g/mol. The molecule has 1 N–H and O–H groups in total. The van der Waals surface area contributed by atoms with Gasteiger partial charge in [-0.15, -0.1) is 11.3 Å². The van der Waals surface area contributed by atoms with Crippen molar-refractivity contribution in [1.29, 1.82) is 0 Å². The Balaban J connectivity index is 1.70. The van der Waals surface area contributed by atoms with Gasteiger partial charge in [0.15, 0.2) is 0 Å². The molecular formula is C23H20BrNO3S. The van der Waals surface area contributed by atoms with Gasteiger partial charge in [0.2, 0.25) is 0 Å². The predicted octanol–water partition coefficient (Wildman–Crippen LogP) is 6.03. The van der Waals surface area contributed by atoms with Crippen LogP contribution in [0.15, 0.2) is 58.0 Å². The molecule has 0 saturated heterocycles. The van der Waals surface area contributed by atoms with E-state index in [-0.39, 0.29) is 11.7 Å². The summed E-state index contributed by atoms with van der Waals surface area (Å²) in [6.07, 6.45) is 4.31. The molecule has 1 atom stereocenters. The molecule has 1 heterocycles. The summed E-state index contributed by atoms with van der Waals surface area (Å²) in [5.41, 5.74) is 3.53. The number of aliphatic imine (C=N–C) groups is 1. The van der Waals surface area contributed by atoms with Crippen molar-refractivity contribution in [2.24, 2.45) is 4.99 Å². The van der Waals surface area contributed by atoms with E-state index in [1.807, 2.05) is 6.07 Å². The van der Waals surface area contributed by atoms with Crippen molar-refractivity contribution in [2.75, 3.05) is 7.11 Å². The van der Waals surface area contributed by atoms with Crippen molar-refractivity contribution in [2.45, 2.75) is 25.2 Å². The third-order valence-corrected chi connectivity index (χ3v) is 6.87. The van der Waals surface area contributed by atoms with Crippen molar-refractivity contribution in [3.05, 3.63) is 80.1 Å². The van der Waals surface area contributed by atoms with E-state index in [1.54, 1.807) is 35.8 Å². The van der Waals surface area contributed by atoms with Gasteiger partial charge in [0.1, 0.15) is 10.8 Å². The van der Waals surface area contributed by atoms with E-state index in [1.165, 1.54) is 17.6 Å². The smallest absolute Gasteiger partial charge is 0.341 e. The molecular weight excluding hydrogens is 450 g/mol. The number of rotatable bonds is 4. The second-order valence-corrected chi connectivity index (χ2v) is 8.99. The van der Waals surface area contributed by atoms with E-state index < -0.39 is 0 Å². The van der Waals surface area contributed by atoms with Crippen molar-refractivity contribution in [3.63, 3.8) is 0 Å². The molecule has 0 radical (unpaired) electrons. The van der Waals surface area contributed by atoms with E-state index in [9.17, 15) is 9.90 Å². The van der Waals surface area contributed by atoms with Gasteiger partial charge in [0.05, 0.1) is 12.7 Å². The first-order chi connectivity index (χ1) is 14.1. The van der Waals surface area contributed by atoms with Gasteiger partial charge in [-0.05, 0) is 54.5 Å². The summed E-state index contributed by atoms with van der Waals surface area (Å²) in [6, 6.07) is 15.7. The minimum Gasteiger partial charge on any atom is -0.507 e. The highest BCUT2D eigenvalue weighted by molar-refractivity contribution is 9.10. The summed E-state index contributed by atoms with van der Waals surface area (Å²) in [5, 5.41) is 10.7. The zero-order chi connectivity index (χ0) is 20.4. The van der Waals surface area contributed by atoms with Crippen LogP contribution in [-0.2, 0) is 17.6 Å². The van der Waals surface area contributed by atoms with Crippen LogP contribution in [0.3, 0.4) is 0 Å². The van der Waals surface area contributed by atoms with Crippen LogP contribution in [0.25, 0.3) is 0 Å². The first-order valence-electron chi connectivity index (χ1n) is 9.37. The number of aromatic hydroxyl groups is 1. The zero-order valence-corrected chi connectivity index (χ0v) is 18.3. The molecule has 3 aromatic rings. The molecule has 0 saturated carbocycles. The van der Waals surface area contributed by atoms with Gasteiger partial charge in [-0.25, -0.2) is 9.79 Å². The Labute approximate surface area is 182 Å². The minimum atomic E-state index is -0.355. The first kappa shape index (κ1) is 19.9. The second-order valence-electron chi connectivity index (χ2n) is 6.99. The number of benzene rings is 2. The standard InChI is InChI=1S/C23H20BrNO3S/c1-28-23(27)21-18-9-7-15(14-5-3-2-4-6-14)12-20(18)29-22(21)25-13-16-11-17(24)8-10-19(16)26/h2-6,8,10-11,13,15,26H,7,9,12H2,1H3. The van der Waals surface area contributed by atoms with Gasteiger partial charge in [0.25, 0.3) is 0 Å². The Morgan fingerprint density at radius 2 is 2.07 bits per heavy atom. The maximum absolute atomic E-state index is 12.5. The molecule has 0 amide bonds. The van der Waals surface area contributed by atoms with Crippen LogP contribution in [0.5, 0.6) is 5.75 Å². The van der Waals surface area contributed by atoms with Crippen LogP contribution in [-0.4, -0.2) is 24.4 Å². The highest BCUT2D eigenvalue weighted by Gasteiger charge is 2.29. The van der Waals surface area contributed by atoms with Gasteiger partial charge < -0.3 is 9.84 Å². The van der Waals surface area contributed by atoms with Crippen molar-refractivity contribution >= 4 is 44.5 Å². The van der Waals surface area contributed by atoms with Gasteiger partial charge >= 0.3 is 5.97 Å². The molecule has 29 heavy (non-hydrogen) atoms. The number of esters is 1. The van der Waals surface area contributed by atoms with E-state index >= 15 is 0 Å². The molecule has 6 heteroatoms. The van der Waals surface area contributed by atoms with Crippen molar-refractivity contribution < 1.29 is 14.6 Å². The zero-order valence-electron chi connectivity index (χ0n) is 15.9. The number of carbonyl (C=O) groups excluding carboxylic acids is 1. The summed E-state index contributed by atoms with van der Waals surface area (Å²) in [5.74, 6) is 0.229. The fourth-order valence-corrected chi connectivity index (χ4v) is 5.38. The Kier molecular flexibility index (Phi) is 5.83. The molecule has 4 nitrogen and oxygen atoms in total. The number of methoxy groups -OCH3 is 1. The number of fused-ring (bicyclic) bond motifs is 1. The topological polar surface area (TPSA) is 58.9 Å². The Hall–Kier alpha value is -2.44. The van der Waals surface area contributed by atoms with E-state index in [0.717, 1.165) is 29.3 Å². The molecule has 0 aliphatic heterocycles. The van der Waals surface area contributed by atoms with Crippen LogP contribution in [0.1, 0.15) is 44.3 Å². The first-order valence-corrected chi connectivity index (χ1v) is 11.0. The van der Waals surface area contributed by atoms with Crippen LogP contribution in [0.2, 0.25) is 0 Å². The Morgan fingerprint density at radius 1 is 1.28 bits per heavy atom. The fourth-order valence-electron chi connectivity index (χ4n) is 3.74. The number of thiophene rings is 1. The van der Waals surface area contributed by atoms with E-state index in [2.05, 4.69) is 45.2 Å². The molecule has 2 aromatic carbocycles. The van der Waals surface area contributed by atoms with Crippen LogP contribution < -0.4 is 0 Å². The second kappa shape index (κ2) is 8.51. The quantitative estimate of drug-likeness (QED) is 0.375. The number of hydrogen-bond donors (Lipinski definition) is 1. The molecule has 148 valence electrons. The number of phenols is 1. The largest absolute Gasteiger partial charge is 0.507 e. The molecule has 1 aliphatic rings. The van der Waals surface area contributed by atoms with Crippen LogP contribution in [0.4, 0.5) is 5.00 Å². The highest BCUT2D eigenvalue weighted by Crippen LogP contribution is 2.44. The molecule has 1 unspecified atom stereocenters. The predicted molar refractivity (Wildman–Crippen MR) is 120 cm³/mol. The fraction of sp³-hybridized carbons (Fsp3) is 0.217. The molecule has 1 aromatic heterocycles. The summed E-state index contributed by atoms with van der Waals surface area (Å²) in [6.45, 7) is 0. The Bertz CT molecular complexity index is 1080. The number of phenolic OH excluding ortho intramolecular Hbond substituents is 1. The average molecular weight is 470 g/mol. The normalized spacial score (nSPS) is 16.0. The minimum absolute atomic E-state index is 0.141. The van der Waals surface area contributed by atoms with Gasteiger partial charge in [-0.2, -0.15) is 0 Å². The van der Waals surface area contributed by atoms with Gasteiger partial charge in [0, 0.05) is 21.1 Å². The average Bonchev–Trinajstić information content (AvgIpc) is 3.12. The molecule has 1 aliphatic carbocycles. The third-order valence-electron chi connectivity index (χ3n) is 5.22. The number of carbonyl (C=O) groups is 1. The van der Waals surface area contributed by atoms with Crippen molar-refractivity contribution in [3.8, 4) is 5.75 Å². The molecule has 0 fully saturated rings. The Morgan fingerprint density at radius 3 is 2.83 bits per heavy atom. The maximum Gasteiger partial charge on any atom is 0.341 e. The number of nitrogens with zero attached hydrogens (tertiary/aromatic N) is 1. The lowest BCUT2D eigenvalue weighted by Crippen LogP contribution is -2.13. The lowest BCUT2D eigenvalue weighted by atomic mass is 9.83. The van der Waals surface area contributed by atoms with Gasteiger partial charge in [-0.1, -0.05) is 46.3 Å². The molecule has 0 bridgehead atoms. The SMILES string of the molecule is COC(=O)c1c(N=Cc2cc(Br)ccc2O)sc2c1CCC(c1ccccc1)C2. The third kappa shape index (κ3) is 4.14. The van der Waals surface area contributed by atoms with Crippen molar-refractivity contribution in [1.82, 2.24) is 0 Å². The molecule has 4 rings (SSSR count). The maximum atomic E-state index is 12.5. The lowest BCUT2D eigenvalue weighted by Gasteiger charge is -2.22. The number of hydrogen-bond acceptors (Lipinski definition) is 5. The summed E-state index contributed by atoms with van der Waals surface area (Å²) >= 11 is 4.94. The van der Waals surface area contributed by atoms with E-state index in [4.69, 9.17) is 4.74 Å².